The second-order valence-electron chi connectivity index (χ2n) is 6.13. The lowest BCUT2D eigenvalue weighted by Crippen LogP contribution is -2.41. The number of hydrogen-bond acceptors (Lipinski definition) is 2. The molecule has 0 aliphatic carbocycles. The number of hydrogen-bond donors (Lipinski definition) is 1. The molecule has 1 aliphatic heterocycles. The fourth-order valence-corrected chi connectivity index (χ4v) is 3.68. The summed E-state index contributed by atoms with van der Waals surface area (Å²) in [5.74, 6) is -0.0262. The van der Waals surface area contributed by atoms with E-state index in [2.05, 4.69) is 28.7 Å². The van der Waals surface area contributed by atoms with Crippen molar-refractivity contribution in [1.82, 2.24) is 14.5 Å². The summed E-state index contributed by atoms with van der Waals surface area (Å²) < 4.78 is 2.21. The van der Waals surface area contributed by atoms with Crippen molar-refractivity contribution in [2.45, 2.75) is 25.9 Å². The molecule has 3 aromatic rings. The van der Waals surface area contributed by atoms with E-state index in [0.29, 0.717) is 22.9 Å². The molecular weight excluding hydrogens is 302 g/mol. The number of H-pyrrole nitrogens is 1. The Balaban J connectivity index is 1.80. The number of nitrogens with zero attached hydrogens (tertiary/aromatic N) is 2. The summed E-state index contributed by atoms with van der Waals surface area (Å²) in [7, 11) is 0. The van der Waals surface area contributed by atoms with E-state index in [1.165, 1.54) is 5.69 Å². The van der Waals surface area contributed by atoms with Crippen LogP contribution in [0.5, 0.6) is 0 Å². The Kier molecular flexibility index (Phi) is 3.49. The summed E-state index contributed by atoms with van der Waals surface area (Å²) in [5.41, 5.74) is 1.57. The number of amides is 1. The standard InChI is InChI=1S/C19H19N3O2/c1-2-16-17-8-5-9-21(17)10-11-22(16)19(24)15-12-20-18(23)14-7-4-3-6-13(14)15/h3-9,12,16H,2,10-11H2,1H3,(H,20,23). The first-order valence-corrected chi connectivity index (χ1v) is 8.27. The van der Waals surface area contributed by atoms with Crippen LogP contribution in [0.3, 0.4) is 0 Å². The third-order valence-corrected chi connectivity index (χ3v) is 4.85. The summed E-state index contributed by atoms with van der Waals surface area (Å²) in [6.07, 6.45) is 4.47. The van der Waals surface area contributed by atoms with Crippen LogP contribution in [0.2, 0.25) is 0 Å². The first kappa shape index (κ1) is 14.8. The molecule has 1 atom stereocenters. The van der Waals surface area contributed by atoms with Gasteiger partial charge in [0.05, 0.1) is 11.6 Å². The topological polar surface area (TPSA) is 58.1 Å². The van der Waals surface area contributed by atoms with E-state index in [1.54, 1.807) is 12.3 Å². The number of carbonyl (C=O) groups is 1. The van der Waals surface area contributed by atoms with Crippen molar-refractivity contribution in [3.63, 3.8) is 0 Å². The third kappa shape index (κ3) is 2.16. The van der Waals surface area contributed by atoms with Crippen molar-refractivity contribution >= 4 is 16.7 Å². The van der Waals surface area contributed by atoms with Gasteiger partial charge in [0.1, 0.15) is 0 Å². The Labute approximate surface area is 139 Å². The van der Waals surface area contributed by atoms with Crippen molar-refractivity contribution in [2.24, 2.45) is 0 Å². The monoisotopic (exact) mass is 321 g/mol. The normalized spacial score (nSPS) is 17.0. The van der Waals surface area contributed by atoms with Gasteiger partial charge in [-0.3, -0.25) is 9.59 Å². The molecule has 0 radical (unpaired) electrons. The predicted octanol–water partition coefficient (Wildman–Crippen LogP) is 2.94. The molecule has 0 spiro atoms. The lowest BCUT2D eigenvalue weighted by molar-refractivity contribution is 0.0619. The van der Waals surface area contributed by atoms with Crippen LogP contribution >= 0.6 is 0 Å². The molecule has 1 N–H and O–H groups in total. The van der Waals surface area contributed by atoms with Gasteiger partial charge in [-0.25, -0.2) is 0 Å². The van der Waals surface area contributed by atoms with E-state index in [1.807, 2.05) is 29.2 Å². The molecule has 0 saturated carbocycles. The highest BCUT2D eigenvalue weighted by molar-refractivity contribution is 6.06. The van der Waals surface area contributed by atoms with Gasteiger partial charge in [-0.15, -0.1) is 0 Å². The van der Waals surface area contributed by atoms with E-state index in [0.717, 1.165) is 13.0 Å². The van der Waals surface area contributed by atoms with E-state index < -0.39 is 0 Å². The summed E-state index contributed by atoms with van der Waals surface area (Å²) in [6.45, 7) is 3.57. The number of rotatable bonds is 2. The molecule has 3 heterocycles. The Morgan fingerprint density at radius 3 is 2.75 bits per heavy atom. The quantitative estimate of drug-likeness (QED) is 0.789. The van der Waals surface area contributed by atoms with Gasteiger partial charge >= 0.3 is 0 Å². The van der Waals surface area contributed by atoms with Crippen LogP contribution in [0.1, 0.15) is 35.4 Å². The number of aromatic nitrogens is 2. The van der Waals surface area contributed by atoms with Crippen LogP contribution in [0.15, 0.2) is 53.6 Å². The number of pyridine rings is 1. The summed E-state index contributed by atoms with van der Waals surface area (Å²) in [4.78, 5) is 29.8. The lowest BCUT2D eigenvalue weighted by Gasteiger charge is -2.36. The fraction of sp³-hybridized carbons (Fsp3) is 0.263. The third-order valence-electron chi connectivity index (χ3n) is 4.85. The maximum Gasteiger partial charge on any atom is 0.256 e. The largest absolute Gasteiger partial charge is 0.348 e. The molecule has 2 aromatic heterocycles. The van der Waals surface area contributed by atoms with Crippen LogP contribution in [-0.2, 0) is 6.54 Å². The highest BCUT2D eigenvalue weighted by Gasteiger charge is 2.30. The smallest absolute Gasteiger partial charge is 0.256 e. The van der Waals surface area contributed by atoms with Gasteiger partial charge in [-0.2, -0.15) is 0 Å². The van der Waals surface area contributed by atoms with Crippen LogP contribution in [0.25, 0.3) is 10.8 Å². The summed E-state index contributed by atoms with van der Waals surface area (Å²) in [5, 5.41) is 1.26. The molecule has 1 amide bonds. The van der Waals surface area contributed by atoms with Crippen LogP contribution in [-0.4, -0.2) is 26.9 Å². The molecule has 1 aromatic carbocycles. The van der Waals surface area contributed by atoms with Gasteiger partial charge in [0.25, 0.3) is 11.5 Å². The first-order valence-electron chi connectivity index (χ1n) is 8.27. The fourth-order valence-electron chi connectivity index (χ4n) is 3.68. The molecule has 1 aliphatic rings. The van der Waals surface area contributed by atoms with E-state index in [9.17, 15) is 9.59 Å². The maximum atomic E-state index is 13.2. The zero-order valence-electron chi connectivity index (χ0n) is 13.5. The van der Waals surface area contributed by atoms with Crippen molar-refractivity contribution in [3.05, 3.63) is 70.4 Å². The predicted molar refractivity (Wildman–Crippen MR) is 93.1 cm³/mol. The molecule has 122 valence electrons. The van der Waals surface area contributed by atoms with Gasteiger partial charge in [-0.1, -0.05) is 25.1 Å². The molecule has 5 nitrogen and oxygen atoms in total. The van der Waals surface area contributed by atoms with Crippen LogP contribution in [0.4, 0.5) is 0 Å². The van der Waals surface area contributed by atoms with E-state index in [-0.39, 0.29) is 17.5 Å². The Morgan fingerprint density at radius 2 is 1.96 bits per heavy atom. The zero-order valence-corrected chi connectivity index (χ0v) is 13.5. The second kappa shape index (κ2) is 5.67. The molecule has 4 rings (SSSR count). The van der Waals surface area contributed by atoms with Gasteiger partial charge in [0, 0.05) is 41.9 Å². The highest BCUT2D eigenvalue weighted by atomic mass is 16.2. The average Bonchev–Trinajstić information content (AvgIpc) is 3.09. The summed E-state index contributed by atoms with van der Waals surface area (Å²) in [6, 6.07) is 11.4. The van der Waals surface area contributed by atoms with Gasteiger partial charge in [0.2, 0.25) is 0 Å². The number of aromatic amines is 1. The van der Waals surface area contributed by atoms with E-state index in [4.69, 9.17) is 0 Å². The van der Waals surface area contributed by atoms with Gasteiger partial charge in [0.15, 0.2) is 0 Å². The lowest BCUT2D eigenvalue weighted by atomic mass is 10.0. The minimum absolute atomic E-state index is 0.0262. The SMILES string of the molecule is CCC1c2cccn2CCN1C(=O)c1c[nH]c(=O)c2ccccc12. The minimum atomic E-state index is -0.165. The Morgan fingerprint density at radius 1 is 1.17 bits per heavy atom. The Bertz CT molecular complexity index is 970. The van der Waals surface area contributed by atoms with Crippen molar-refractivity contribution < 1.29 is 4.79 Å². The van der Waals surface area contributed by atoms with Crippen molar-refractivity contribution in [3.8, 4) is 0 Å². The summed E-state index contributed by atoms with van der Waals surface area (Å²) >= 11 is 0. The van der Waals surface area contributed by atoms with Gasteiger partial charge < -0.3 is 14.5 Å². The molecule has 1 unspecified atom stereocenters. The molecule has 0 saturated heterocycles. The molecule has 5 heteroatoms. The zero-order chi connectivity index (χ0) is 16.7. The molecule has 0 bridgehead atoms. The van der Waals surface area contributed by atoms with E-state index >= 15 is 0 Å². The Hall–Kier alpha value is -2.82. The van der Waals surface area contributed by atoms with Crippen LogP contribution < -0.4 is 5.56 Å². The maximum absolute atomic E-state index is 13.2. The molecule has 24 heavy (non-hydrogen) atoms. The molecular formula is C19H19N3O2. The van der Waals surface area contributed by atoms with Crippen LogP contribution in [0, 0.1) is 0 Å². The number of fused-ring (bicyclic) bond motifs is 2. The second-order valence-corrected chi connectivity index (χ2v) is 6.13. The molecule has 0 fully saturated rings. The van der Waals surface area contributed by atoms with Crippen molar-refractivity contribution in [1.29, 1.82) is 0 Å². The highest BCUT2D eigenvalue weighted by Crippen LogP contribution is 2.30. The first-order chi connectivity index (χ1) is 11.7. The average molecular weight is 321 g/mol. The number of nitrogens with one attached hydrogen (secondary N) is 1. The number of carbonyl (C=O) groups excluding carboxylic acids is 1. The number of benzene rings is 1. The van der Waals surface area contributed by atoms with Gasteiger partial charge in [-0.05, 0) is 24.6 Å². The minimum Gasteiger partial charge on any atom is -0.348 e. The van der Waals surface area contributed by atoms with Crippen molar-refractivity contribution in [2.75, 3.05) is 6.54 Å².